The summed E-state index contributed by atoms with van der Waals surface area (Å²) in [6, 6.07) is 11.2. The normalized spacial score (nSPS) is 17.4. The van der Waals surface area contributed by atoms with Gasteiger partial charge in [-0.25, -0.2) is 0 Å². The predicted molar refractivity (Wildman–Crippen MR) is 73.4 cm³/mol. The van der Waals surface area contributed by atoms with Gasteiger partial charge in [-0.1, -0.05) is 30.3 Å². The van der Waals surface area contributed by atoms with Crippen molar-refractivity contribution < 1.29 is 0 Å². The molecule has 1 saturated carbocycles. The molecular weight excluding hydrogens is 206 g/mol. The van der Waals surface area contributed by atoms with Crippen LogP contribution in [0.3, 0.4) is 0 Å². The molecule has 0 amide bonds. The average Bonchev–Trinajstić information content (AvgIpc) is 3.10. The van der Waals surface area contributed by atoms with Crippen molar-refractivity contribution in [2.45, 2.75) is 32.2 Å². The molecule has 0 saturated heterocycles. The van der Waals surface area contributed by atoms with Gasteiger partial charge in [-0.15, -0.1) is 0 Å². The molecule has 0 unspecified atom stereocenters. The van der Waals surface area contributed by atoms with Crippen molar-refractivity contribution in [1.29, 1.82) is 0 Å². The molecule has 88 valence electrons. The first-order chi connectivity index (χ1) is 8.18. The van der Waals surface area contributed by atoms with Gasteiger partial charge in [0.25, 0.3) is 0 Å². The maximum atomic E-state index is 3.50. The molecule has 2 aromatic rings. The smallest absolute Gasteiger partial charge is 0.0440 e. The average molecular weight is 225 g/mol. The Morgan fingerprint density at radius 2 is 1.71 bits per heavy atom. The highest BCUT2D eigenvalue weighted by Gasteiger charge is 2.43. The van der Waals surface area contributed by atoms with Crippen molar-refractivity contribution in [2.75, 3.05) is 7.05 Å². The molecule has 1 N–H and O–H groups in total. The van der Waals surface area contributed by atoms with Gasteiger partial charge in [0.2, 0.25) is 0 Å². The second kappa shape index (κ2) is 3.58. The Kier molecular flexibility index (Phi) is 2.27. The van der Waals surface area contributed by atoms with Gasteiger partial charge in [-0.05, 0) is 61.2 Å². The second-order valence-corrected chi connectivity index (χ2v) is 5.26. The molecule has 3 rings (SSSR count). The maximum Gasteiger partial charge on any atom is 0.0440 e. The van der Waals surface area contributed by atoms with Gasteiger partial charge in [-0.2, -0.15) is 0 Å². The Morgan fingerprint density at radius 1 is 1.00 bits per heavy atom. The van der Waals surface area contributed by atoms with E-state index in [1.165, 1.54) is 40.3 Å². The van der Waals surface area contributed by atoms with Crippen LogP contribution in [0.25, 0.3) is 10.8 Å². The molecule has 0 spiro atoms. The number of benzene rings is 2. The van der Waals surface area contributed by atoms with Crippen LogP contribution in [0.5, 0.6) is 0 Å². The first-order valence-electron chi connectivity index (χ1n) is 6.36. The largest absolute Gasteiger partial charge is 0.310 e. The fourth-order valence-corrected chi connectivity index (χ4v) is 2.99. The quantitative estimate of drug-likeness (QED) is 0.822. The van der Waals surface area contributed by atoms with Crippen LogP contribution in [0.15, 0.2) is 30.3 Å². The van der Waals surface area contributed by atoms with Crippen LogP contribution in [0.4, 0.5) is 0 Å². The third-order valence-corrected chi connectivity index (χ3v) is 4.20. The SMILES string of the molecule is CNC1(c2ccc(C)c3c(C)cccc23)CC1. The van der Waals surface area contributed by atoms with Crippen LogP contribution in [0.2, 0.25) is 0 Å². The van der Waals surface area contributed by atoms with Crippen molar-refractivity contribution in [1.82, 2.24) is 5.32 Å². The van der Waals surface area contributed by atoms with E-state index in [1.54, 1.807) is 0 Å². The molecule has 1 nitrogen and oxygen atoms in total. The summed E-state index contributed by atoms with van der Waals surface area (Å²) in [5.74, 6) is 0. The molecule has 1 fully saturated rings. The molecule has 0 aromatic heterocycles. The molecule has 1 heteroatoms. The zero-order valence-electron chi connectivity index (χ0n) is 10.8. The van der Waals surface area contributed by atoms with Crippen molar-refractivity contribution in [3.63, 3.8) is 0 Å². The summed E-state index contributed by atoms with van der Waals surface area (Å²) >= 11 is 0. The number of fused-ring (bicyclic) bond motifs is 1. The summed E-state index contributed by atoms with van der Waals surface area (Å²) in [5.41, 5.74) is 4.49. The van der Waals surface area contributed by atoms with Gasteiger partial charge in [0, 0.05) is 5.54 Å². The fourth-order valence-electron chi connectivity index (χ4n) is 2.99. The Morgan fingerprint density at radius 3 is 2.35 bits per heavy atom. The molecule has 0 atom stereocenters. The molecule has 0 bridgehead atoms. The second-order valence-electron chi connectivity index (χ2n) is 5.26. The Labute approximate surface area is 103 Å². The van der Waals surface area contributed by atoms with Crippen LogP contribution < -0.4 is 5.32 Å². The Hall–Kier alpha value is -1.34. The van der Waals surface area contributed by atoms with Gasteiger partial charge < -0.3 is 5.32 Å². The van der Waals surface area contributed by atoms with Gasteiger partial charge >= 0.3 is 0 Å². The number of nitrogens with one attached hydrogen (secondary N) is 1. The molecular formula is C16H19N. The molecule has 17 heavy (non-hydrogen) atoms. The molecule has 2 aromatic carbocycles. The Balaban J connectivity index is 2.35. The van der Waals surface area contributed by atoms with E-state index in [2.05, 4.69) is 56.5 Å². The van der Waals surface area contributed by atoms with Crippen LogP contribution >= 0.6 is 0 Å². The zero-order valence-corrected chi connectivity index (χ0v) is 10.8. The number of hydrogen-bond acceptors (Lipinski definition) is 1. The van der Waals surface area contributed by atoms with E-state index in [1.807, 2.05) is 0 Å². The van der Waals surface area contributed by atoms with E-state index >= 15 is 0 Å². The lowest BCUT2D eigenvalue weighted by Crippen LogP contribution is -2.24. The lowest BCUT2D eigenvalue weighted by Gasteiger charge is -2.19. The fraction of sp³-hybridized carbons (Fsp3) is 0.375. The molecule has 0 radical (unpaired) electrons. The van der Waals surface area contributed by atoms with E-state index in [0.717, 1.165) is 0 Å². The number of rotatable bonds is 2. The van der Waals surface area contributed by atoms with Crippen molar-refractivity contribution >= 4 is 10.8 Å². The molecule has 0 aliphatic heterocycles. The first kappa shape index (κ1) is 10.8. The van der Waals surface area contributed by atoms with Crippen molar-refractivity contribution in [2.24, 2.45) is 0 Å². The van der Waals surface area contributed by atoms with E-state index in [0.29, 0.717) is 0 Å². The van der Waals surface area contributed by atoms with Gasteiger partial charge in [0.15, 0.2) is 0 Å². The lowest BCUT2D eigenvalue weighted by molar-refractivity contribution is 0.590. The summed E-state index contributed by atoms with van der Waals surface area (Å²) in [4.78, 5) is 0. The number of aryl methyl sites for hydroxylation is 2. The van der Waals surface area contributed by atoms with Crippen molar-refractivity contribution in [3.05, 3.63) is 47.0 Å². The minimum absolute atomic E-state index is 0.250. The molecule has 0 heterocycles. The third kappa shape index (κ3) is 1.49. The first-order valence-corrected chi connectivity index (χ1v) is 6.36. The van der Waals surface area contributed by atoms with Gasteiger partial charge in [0.1, 0.15) is 0 Å². The highest BCUT2D eigenvalue weighted by Crippen LogP contribution is 2.48. The van der Waals surface area contributed by atoms with E-state index in [4.69, 9.17) is 0 Å². The summed E-state index contributed by atoms with van der Waals surface area (Å²) < 4.78 is 0. The predicted octanol–water partition coefficient (Wildman–Crippen LogP) is 3.67. The molecule has 1 aliphatic rings. The number of hydrogen-bond donors (Lipinski definition) is 1. The maximum absolute atomic E-state index is 3.50. The Bertz CT molecular complexity index is 571. The van der Waals surface area contributed by atoms with E-state index in [-0.39, 0.29) is 5.54 Å². The van der Waals surface area contributed by atoms with Crippen LogP contribution in [-0.4, -0.2) is 7.05 Å². The van der Waals surface area contributed by atoms with Crippen LogP contribution in [-0.2, 0) is 5.54 Å². The van der Waals surface area contributed by atoms with Gasteiger partial charge in [0.05, 0.1) is 0 Å². The summed E-state index contributed by atoms with van der Waals surface area (Å²) in [7, 11) is 2.08. The monoisotopic (exact) mass is 225 g/mol. The highest BCUT2D eigenvalue weighted by atomic mass is 15.0. The van der Waals surface area contributed by atoms with Crippen LogP contribution in [0.1, 0.15) is 29.5 Å². The summed E-state index contributed by atoms with van der Waals surface area (Å²) in [5, 5.41) is 6.36. The topological polar surface area (TPSA) is 12.0 Å². The van der Waals surface area contributed by atoms with Gasteiger partial charge in [-0.3, -0.25) is 0 Å². The van der Waals surface area contributed by atoms with Crippen molar-refractivity contribution in [3.8, 4) is 0 Å². The van der Waals surface area contributed by atoms with E-state index < -0.39 is 0 Å². The van der Waals surface area contributed by atoms with Crippen LogP contribution in [0, 0.1) is 13.8 Å². The lowest BCUT2D eigenvalue weighted by atomic mass is 9.92. The standard InChI is InChI=1S/C16H19N/c1-11-5-4-6-13-14(16(17-3)9-10-16)8-7-12(2)15(11)13/h4-8,17H,9-10H2,1-3H3. The zero-order chi connectivity index (χ0) is 12.0. The summed E-state index contributed by atoms with van der Waals surface area (Å²) in [6.07, 6.45) is 2.52. The third-order valence-electron chi connectivity index (χ3n) is 4.20. The molecule has 1 aliphatic carbocycles. The van der Waals surface area contributed by atoms with E-state index in [9.17, 15) is 0 Å². The summed E-state index contributed by atoms with van der Waals surface area (Å²) in [6.45, 7) is 4.41. The minimum atomic E-state index is 0.250. The highest BCUT2D eigenvalue weighted by molar-refractivity contribution is 5.92. The minimum Gasteiger partial charge on any atom is -0.310 e.